The summed E-state index contributed by atoms with van der Waals surface area (Å²) in [5.41, 5.74) is -0.331. The number of nitrogens with one attached hydrogen (secondary N) is 2. The molecule has 0 bridgehead atoms. The number of sulfonamides is 1. The average molecular weight is 284 g/mol. The van der Waals surface area contributed by atoms with Crippen LogP contribution in [0.25, 0.3) is 0 Å². The number of hydrogen-bond acceptors (Lipinski definition) is 4. The number of rotatable bonds is 4. The molecule has 0 saturated carbocycles. The zero-order chi connectivity index (χ0) is 13.2. The summed E-state index contributed by atoms with van der Waals surface area (Å²) in [7, 11) is -3.58. The summed E-state index contributed by atoms with van der Waals surface area (Å²) in [4.78, 5) is 15.3. The Morgan fingerprint density at radius 1 is 1.28 bits per heavy atom. The first-order chi connectivity index (χ1) is 8.47. The molecule has 0 aliphatic rings. The number of aryl methyl sites for hydroxylation is 1. The molecule has 2 aromatic heterocycles. The minimum Gasteiger partial charge on any atom is -0.328 e. The van der Waals surface area contributed by atoms with Gasteiger partial charge >= 0.3 is 0 Å². The fraction of sp³-hybridized carbons (Fsp3) is 0.182. The highest BCUT2D eigenvalue weighted by atomic mass is 32.2. The lowest BCUT2D eigenvalue weighted by Crippen LogP contribution is -2.23. The highest BCUT2D eigenvalue weighted by Crippen LogP contribution is 2.15. The van der Waals surface area contributed by atoms with Gasteiger partial charge < -0.3 is 4.98 Å². The van der Waals surface area contributed by atoms with Crippen molar-refractivity contribution < 1.29 is 8.42 Å². The van der Waals surface area contributed by atoms with Gasteiger partial charge in [0.05, 0.1) is 4.90 Å². The lowest BCUT2D eigenvalue weighted by atomic mass is 10.4. The fourth-order valence-electron chi connectivity index (χ4n) is 1.39. The Morgan fingerprint density at radius 2 is 2.06 bits per heavy atom. The molecule has 0 radical (unpaired) electrons. The highest BCUT2D eigenvalue weighted by Gasteiger charge is 2.13. The van der Waals surface area contributed by atoms with Crippen LogP contribution >= 0.6 is 11.3 Å². The first-order valence-corrected chi connectivity index (χ1v) is 7.51. The molecule has 0 aliphatic carbocycles. The van der Waals surface area contributed by atoms with Gasteiger partial charge in [0.1, 0.15) is 0 Å². The lowest BCUT2D eigenvalue weighted by Gasteiger charge is -2.04. The first kappa shape index (κ1) is 13.0. The summed E-state index contributed by atoms with van der Waals surface area (Å²) in [6, 6.07) is 6.29. The van der Waals surface area contributed by atoms with Gasteiger partial charge in [0, 0.05) is 28.6 Å². The summed E-state index contributed by atoms with van der Waals surface area (Å²) in [6.45, 7) is 2.21. The van der Waals surface area contributed by atoms with Crippen LogP contribution in [0.2, 0.25) is 0 Å². The van der Waals surface area contributed by atoms with Gasteiger partial charge in [-0.1, -0.05) is 0 Å². The van der Waals surface area contributed by atoms with Gasteiger partial charge in [-0.2, -0.15) is 0 Å². The quantitative estimate of drug-likeness (QED) is 0.886. The molecule has 96 valence electrons. The molecule has 0 fully saturated rings. The minimum atomic E-state index is -3.58. The van der Waals surface area contributed by atoms with Crippen LogP contribution < -0.4 is 10.3 Å². The molecular weight excluding hydrogens is 272 g/mol. The molecule has 5 nitrogen and oxygen atoms in total. The molecule has 7 heteroatoms. The number of aromatic nitrogens is 1. The molecule has 2 aromatic rings. The summed E-state index contributed by atoms with van der Waals surface area (Å²) >= 11 is 1.54. The summed E-state index contributed by atoms with van der Waals surface area (Å²) in [6.07, 6.45) is 1.18. The predicted molar refractivity (Wildman–Crippen MR) is 70.1 cm³/mol. The zero-order valence-electron chi connectivity index (χ0n) is 9.64. The van der Waals surface area contributed by atoms with Crippen LogP contribution in [-0.2, 0) is 16.6 Å². The molecule has 0 saturated heterocycles. The van der Waals surface area contributed by atoms with Crippen LogP contribution in [0.5, 0.6) is 0 Å². The van der Waals surface area contributed by atoms with Crippen molar-refractivity contribution in [3.63, 3.8) is 0 Å². The smallest absolute Gasteiger partial charge is 0.247 e. The molecule has 18 heavy (non-hydrogen) atoms. The molecule has 0 spiro atoms. The van der Waals surface area contributed by atoms with Gasteiger partial charge in [0.2, 0.25) is 15.6 Å². The third kappa shape index (κ3) is 3.06. The summed E-state index contributed by atoms with van der Waals surface area (Å²) in [5, 5.41) is 0. The van der Waals surface area contributed by atoms with Crippen molar-refractivity contribution in [3.05, 3.63) is 50.6 Å². The van der Waals surface area contributed by atoms with Crippen molar-refractivity contribution in [1.82, 2.24) is 9.71 Å². The van der Waals surface area contributed by atoms with E-state index in [2.05, 4.69) is 9.71 Å². The maximum atomic E-state index is 11.9. The van der Waals surface area contributed by atoms with Crippen molar-refractivity contribution in [1.29, 1.82) is 0 Å². The standard InChI is InChI=1S/C11H12N2O3S2/c1-8-2-3-9(17-8)6-13-18(15,16)10-4-5-11(14)12-7-10/h2-5,7,13H,6H2,1H3,(H,12,14). The first-order valence-electron chi connectivity index (χ1n) is 5.21. The van der Waals surface area contributed by atoms with Gasteiger partial charge in [-0.25, -0.2) is 13.1 Å². The number of thiophene rings is 1. The van der Waals surface area contributed by atoms with Gasteiger partial charge in [-0.15, -0.1) is 11.3 Å². The largest absolute Gasteiger partial charge is 0.328 e. The van der Waals surface area contributed by atoms with Crippen LogP contribution in [0.15, 0.2) is 40.2 Å². The highest BCUT2D eigenvalue weighted by molar-refractivity contribution is 7.89. The van der Waals surface area contributed by atoms with E-state index in [0.29, 0.717) is 0 Å². The van der Waals surface area contributed by atoms with E-state index < -0.39 is 10.0 Å². The summed E-state index contributed by atoms with van der Waals surface area (Å²) in [5.74, 6) is 0. The minimum absolute atomic E-state index is 0.0513. The number of H-pyrrole nitrogens is 1. The SMILES string of the molecule is Cc1ccc(CNS(=O)(=O)c2ccc(=O)[nH]c2)s1. The maximum absolute atomic E-state index is 11.9. The van der Waals surface area contributed by atoms with Gasteiger partial charge in [-0.05, 0) is 25.1 Å². The van der Waals surface area contributed by atoms with Crippen LogP contribution in [0.3, 0.4) is 0 Å². The normalized spacial score (nSPS) is 11.6. The van der Waals surface area contributed by atoms with Gasteiger partial charge in [0.15, 0.2) is 0 Å². The zero-order valence-corrected chi connectivity index (χ0v) is 11.3. The van der Waals surface area contributed by atoms with E-state index in [0.717, 1.165) is 9.75 Å². The van der Waals surface area contributed by atoms with E-state index in [1.807, 2.05) is 19.1 Å². The Balaban J connectivity index is 2.12. The Bertz CT molecular complexity index is 681. The molecule has 0 atom stereocenters. The Labute approximate surface area is 109 Å². The van der Waals surface area contributed by atoms with Crippen LogP contribution in [0.4, 0.5) is 0 Å². The van der Waals surface area contributed by atoms with Crippen molar-refractivity contribution in [2.45, 2.75) is 18.4 Å². The van der Waals surface area contributed by atoms with E-state index in [9.17, 15) is 13.2 Å². The topological polar surface area (TPSA) is 79.0 Å². The molecular formula is C11H12N2O3S2. The monoisotopic (exact) mass is 284 g/mol. The molecule has 2 N–H and O–H groups in total. The van der Waals surface area contributed by atoms with Crippen molar-refractivity contribution in [2.24, 2.45) is 0 Å². The maximum Gasteiger partial charge on any atom is 0.247 e. The number of aromatic amines is 1. The van der Waals surface area contributed by atoms with E-state index in [1.54, 1.807) is 11.3 Å². The van der Waals surface area contributed by atoms with E-state index >= 15 is 0 Å². The van der Waals surface area contributed by atoms with Crippen LogP contribution in [0, 0.1) is 6.92 Å². The van der Waals surface area contributed by atoms with Crippen molar-refractivity contribution in [3.8, 4) is 0 Å². The van der Waals surface area contributed by atoms with Gasteiger partial charge in [0.25, 0.3) is 0 Å². The van der Waals surface area contributed by atoms with Crippen molar-refractivity contribution >= 4 is 21.4 Å². The Hall–Kier alpha value is -1.44. The average Bonchev–Trinajstić information content (AvgIpc) is 2.73. The summed E-state index contributed by atoms with van der Waals surface area (Å²) < 4.78 is 26.3. The van der Waals surface area contributed by atoms with Crippen molar-refractivity contribution in [2.75, 3.05) is 0 Å². The molecule has 0 aromatic carbocycles. The second-order valence-corrected chi connectivity index (χ2v) is 6.86. The predicted octanol–water partition coefficient (Wildman–Crippen LogP) is 1.22. The third-order valence-electron chi connectivity index (χ3n) is 2.30. The van der Waals surface area contributed by atoms with E-state index in [-0.39, 0.29) is 17.0 Å². The fourth-order valence-corrected chi connectivity index (χ4v) is 3.29. The second-order valence-electron chi connectivity index (χ2n) is 3.73. The molecule has 2 heterocycles. The molecule has 0 unspecified atom stereocenters. The molecule has 0 amide bonds. The van der Waals surface area contributed by atoms with Crippen LogP contribution in [-0.4, -0.2) is 13.4 Å². The third-order valence-corrected chi connectivity index (χ3v) is 4.70. The van der Waals surface area contributed by atoms with E-state index in [4.69, 9.17) is 0 Å². The number of pyridine rings is 1. The number of hydrogen-bond donors (Lipinski definition) is 2. The van der Waals surface area contributed by atoms with E-state index in [1.165, 1.54) is 18.3 Å². The van der Waals surface area contributed by atoms with Gasteiger partial charge in [-0.3, -0.25) is 4.79 Å². The lowest BCUT2D eigenvalue weighted by molar-refractivity contribution is 0.581. The van der Waals surface area contributed by atoms with Crippen LogP contribution in [0.1, 0.15) is 9.75 Å². The second kappa shape index (κ2) is 5.05. The molecule has 0 aliphatic heterocycles. The Morgan fingerprint density at radius 3 is 2.61 bits per heavy atom. The Kier molecular flexibility index (Phi) is 3.65. The molecule has 2 rings (SSSR count).